The predicted octanol–water partition coefficient (Wildman–Crippen LogP) is 2.51. The first kappa shape index (κ1) is 20.5. The molecule has 1 fully saturated rings. The molecule has 1 aromatic rings. The van der Waals surface area contributed by atoms with Gasteiger partial charge in [-0.1, -0.05) is 12.1 Å². The molecule has 0 unspecified atom stereocenters. The van der Waals surface area contributed by atoms with Crippen molar-refractivity contribution in [2.24, 2.45) is 0 Å². The van der Waals surface area contributed by atoms with Crippen LogP contribution < -0.4 is 9.50 Å². The fraction of sp³-hybridized carbons (Fsp3) is 0.611. The lowest BCUT2D eigenvalue weighted by Gasteiger charge is -2.25. The van der Waals surface area contributed by atoms with E-state index in [0.29, 0.717) is 19.6 Å². The Bertz CT molecular complexity index is 682. The molecule has 0 radical (unpaired) electrons. The lowest BCUT2D eigenvalue weighted by Crippen LogP contribution is -2.43. The molecular formula is C18H28N2O5S. The Labute approximate surface area is 155 Å². The van der Waals surface area contributed by atoms with E-state index in [1.165, 1.54) is 0 Å². The maximum absolute atomic E-state index is 12.3. The third kappa shape index (κ3) is 5.88. The van der Waals surface area contributed by atoms with Gasteiger partial charge in [-0.15, -0.1) is 0 Å². The number of hydrogen-bond donors (Lipinski definition) is 1. The zero-order chi connectivity index (χ0) is 19.2. The minimum absolute atomic E-state index is 0.0661. The van der Waals surface area contributed by atoms with E-state index in [9.17, 15) is 13.2 Å². The van der Waals surface area contributed by atoms with Crippen LogP contribution in [-0.2, 0) is 21.4 Å². The summed E-state index contributed by atoms with van der Waals surface area (Å²) in [5, 5.41) is 2.21. The molecule has 1 N–H and O–H groups in total. The quantitative estimate of drug-likeness (QED) is 0.696. The Balaban J connectivity index is 2.03. The minimum Gasteiger partial charge on any atom is -0.382 e. The first-order valence-electron chi connectivity index (χ1n) is 8.98. The number of carbonyl (C=O) groups is 1. The zero-order valence-electron chi connectivity index (χ0n) is 15.6. The van der Waals surface area contributed by atoms with Gasteiger partial charge >= 0.3 is 16.1 Å². The van der Waals surface area contributed by atoms with Gasteiger partial charge in [0.25, 0.3) is 0 Å². The molecule has 0 saturated carbocycles. The number of nitrogens with one attached hydrogen (secondary N) is 1. The van der Waals surface area contributed by atoms with Crippen molar-refractivity contribution in [3.8, 4) is 5.75 Å². The Morgan fingerprint density at radius 1 is 1.35 bits per heavy atom. The van der Waals surface area contributed by atoms with Crippen molar-refractivity contribution < 1.29 is 22.1 Å². The largest absolute Gasteiger partial charge is 0.382 e. The Morgan fingerprint density at radius 3 is 2.58 bits per heavy atom. The maximum Gasteiger partial charge on any atom is 0.317 e. The molecule has 146 valence electrons. The zero-order valence-corrected chi connectivity index (χ0v) is 16.4. The second kappa shape index (κ2) is 9.23. The van der Waals surface area contributed by atoms with E-state index in [1.54, 1.807) is 43.0 Å². The number of amides is 2. The molecule has 1 aromatic carbocycles. The highest BCUT2D eigenvalue weighted by atomic mass is 32.2. The molecule has 2 amide bonds. The van der Waals surface area contributed by atoms with Crippen LogP contribution in [0.25, 0.3) is 0 Å². The van der Waals surface area contributed by atoms with Gasteiger partial charge in [-0.25, -0.2) is 4.79 Å². The molecule has 1 saturated heterocycles. The van der Waals surface area contributed by atoms with Gasteiger partial charge in [0.1, 0.15) is 5.75 Å². The van der Waals surface area contributed by atoms with Gasteiger partial charge in [-0.2, -0.15) is 8.42 Å². The Morgan fingerprint density at radius 2 is 2.04 bits per heavy atom. The van der Waals surface area contributed by atoms with E-state index in [-0.39, 0.29) is 17.9 Å². The first-order valence-corrected chi connectivity index (χ1v) is 10.5. The van der Waals surface area contributed by atoms with Gasteiger partial charge in [0.05, 0.1) is 11.4 Å². The van der Waals surface area contributed by atoms with Gasteiger partial charge in [-0.05, 0) is 51.3 Å². The lowest BCUT2D eigenvalue weighted by atomic mass is 10.2. The van der Waals surface area contributed by atoms with Crippen LogP contribution in [0.1, 0.15) is 39.2 Å². The standard InChI is InChI=1S/C18H28N2O5S/c1-4-19-18(21)20(13-17-6-5-11-24-17)12-15-7-9-16(10-8-15)25-26(22,23)14(2)3/h7-10,14,17H,4-6,11-13H2,1-3H3,(H,19,21)/t17-/m1/s1. The van der Waals surface area contributed by atoms with Gasteiger partial charge < -0.3 is 19.1 Å². The molecule has 1 aliphatic heterocycles. The van der Waals surface area contributed by atoms with Crippen molar-refractivity contribution >= 4 is 16.1 Å². The summed E-state index contributed by atoms with van der Waals surface area (Å²) >= 11 is 0. The van der Waals surface area contributed by atoms with E-state index in [4.69, 9.17) is 8.92 Å². The van der Waals surface area contributed by atoms with Crippen molar-refractivity contribution in [3.63, 3.8) is 0 Å². The Kier molecular flexibility index (Phi) is 7.28. The molecule has 26 heavy (non-hydrogen) atoms. The first-order chi connectivity index (χ1) is 12.3. The van der Waals surface area contributed by atoms with Crippen molar-refractivity contribution in [1.29, 1.82) is 0 Å². The van der Waals surface area contributed by atoms with Crippen LogP contribution in [0, 0.1) is 0 Å². The van der Waals surface area contributed by atoms with E-state index in [1.807, 2.05) is 6.92 Å². The highest BCUT2D eigenvalue weighted by Crippen LogP contribution is 2.19. The molecule has 0 spiro atoms. The van der Waals surface area contributed by atoms with Gasteiger partial charge in [0.15, 0.2) is 0 Å². The third-order valence-corrected chi connectivity index (χ3v) is 5.73. The van der Waals surface area contributed by atoms with Crippen molar-refractivity contribution in [2.75, 3.05) is 19.7 Å². The summed E-state index contributed by atoms with van der Waals surface area (Å²) in [6.07, 6.45) is 2.04. The van der Waals surface area contributed by atoms with Crippen LogP contribution in [-0.4, -0.2) is 50.4 Å². The second-order valence-electron chi connectivity index (χ2n) is 6.62. The highest BCUT2D eigenvalue weighted by molar-refractivity contribution is 7.87. The summed E-state index contributed by atoms with van der Waals surface area (Å²) in [7, 11) is -3.61. The predicted molar refractivity (Wildman–Crippen MR) is 99.6 cm³/mol. The molecule has 1 heterocycles. The molecule has 0 aliphatic carbocycles. The average molecular weight is 384 g/mol. The lowest BCUT2D eigenvalue weighted by molar-refractivity contribution is 0.0796. The van der Waals surface area contributed by atoms with Crippen LogP contribution in [0.15, 0.2) is 24.3 Å². The minimum atomic E-state index is -3.61. The van der Waals surface area contributed by atoms with Gasteiger partial charge in [0, 0.05) is 26.2 Å². The molecule has 1 atom stereocenters. The summed E-state index contributed by atoms with van der Waals surface area (Å²) in [6.45, 7) is 7.27. The number of benzene rings is 1. The fourth-order valence-electron chi connectivity index (χ4n) is 2.62. The van der Waals surface area contributed by atoms with E-state index >= 15 is 0 Å². The van der Waals surface area contributed by atoms with E-state index < -0.39 is 15.4 Å². The number of rotatable bonds is 8. The summed E-state index contributed by atoms with van der Waals surface area (Å²) in [4.78, 5) is 14.0. The van der Waals surface area contributed by atoms with Crippen LogP contribution in [0.3, 0.4) is 0 Å². The summed E-state index contributed by atoms with van der Waals surface area (Å²) in [5.74, 6) is 0.270. The number of ether oxygens (including phenoxy) is 1. The monoisotopic (exact) mass is 384 g/mol. The molecule has 0 aromatic heterocycles. The van der Waals surface area contributed by atoms with Crippen LogP contribution in [0.5, 0.6) is 5.75 Å². The van der Waals surface area contributed by atoms with Crippen LogP contribution in [0.2, 0.25) is 0 Å². The second-order valence-corrected chi connectivity index (χ2v) is 8.71. The molecular weight excluding hydrogens is 356 g/mol. The van der Waals surface area contributed by atoms with Crippen LogP contribution in [0.4, 0.5) is 4.79 Å². The molecule has 1 aliphatic rings. The van der Waals surface area contributed by atoms with Gasteiger partial charge in [0.2, 0.25) is 0 Å². The smallest absolute Gasteiger partial charge is 0.317 e. The average Bonchev–Trinajstić information content (AvgIpc) is 3.09. The number of hydrogen-bond acceptors (Lipinski definition) is 5. The number of urea groups is 1. The normalized spacial score (nSPS) is 17.3. The number of nitrogens with zero attached hydrogens (tertiary/aromatic N) is 1. The molecule has 7 nitrogen and oxygen atoms in total. The molecule has 2 rings (SSSR count). The van der Waals surface area contributed by atoms with E-state index in [0.717, 1.165) is 25.0 Å². The highest BCUT2D eigenvalue weighted by Gasteiger charge is 2.23. The summed E-state index contributed by atoms with van der Waals surface area (Å²) < 4.78 is 34.4. The molecule has 8 heteroatoms. The molecule has 0 bridgehead atoms. The topological polar surface area (TPSA) is 84.9 Å². The van der Waals surface area contributed by atoms with Gasteiger partial charge in [-0.3, -0.25) is 0 Å². The SMILES string of the molecule is CCNC(=O)N(Cc1ccc(OS(=O)(=O)C(C)C)cc1)C[C@H]1CCCO1. The van der Waals surface area contributed by atoms with Crippen LogP contribution >= 0.6 is 0 Å². The fourth-order valence-corrected chi connectivity index (χ4v) is 3.19. The number of carbonyl (C=O) groups excluding carboxylic acids is 1. The summed E-state index contributed by atoms with van der Waals surface area (Å²) in [6, 6.07) is 6.62. The Hall–Kier alpha value is -1.80. The maximum atomic E-state index is 12.3. The van der Waals surface area contributed by atoms with Crippen molar-refractivity contribution in [2.45, 2.75) is 51.5 Å². The van der Waals surface area contributed by atoms with Crippen molar-refractivity contribution in [3.05, 3.63) is 29.8 Å². The summed E-state index contributed by atoms with van der Waals surface area (Å²) in [5.41, 5.74) is 0.892. The van der Waals surface area contributed by atoms with Crippen molar-refractivity contribution in [1.82, 2.24) is 10.2 Å². The third-order valence-electron chi connectivity index (χ3n) is 4.15. The van der Waals surface area contributed by atoms with E-state index in [2.05, 4.69) is 5.32 Å².